The first-order valence-electron chi connectivity index (χ1n) is 4.65. The highest BCUT2D eigenvalue weighted by Crippen LogP contribution is 2.00. The number of hydrogen-bond acceptors (Lipinski definition) is 2. The molecule has 0 aliphatic rings. The van der Waals surface area contributed by atoms with Crippen molar-refractivity contribution in [1.82, 2.24) is 5.01 Å². The Hall–Kier alpha value is -0.570. The monoisotopic (exact) mass is 172 g/mol. The van der Waals surface area contributed by atoms with Gasteiger partial charge in [-0.1, -0.05) is 33.6 Å². The molecule has 0 spiro atoms. The van der Waals surface area contributed by atoms with Crippen molar-refractivity contribution in [3.8, 4) is 0 Å². The van der Waals surface area contributed by atoms with Crippen molar-refractivity contribution in [1.29, 1.82) is 0 Å². The van der Waals surface area contributed by atoms with Crippen LogP contribution in [0.1, 0.15) is 40.0 Å². The van der Waals surface area contributed by atoms with E-state index in [2.05, 4.69) is 6.92 Å². The van der Waals surface area contributed by atoms with E-state index in [0.717, 1.165) is 19.3 Å². The van der Waals surface area contributed by atoms with Crippen LogP contribution >= 0.6 is 0 Å². The molecule has 0 saturated carbocycles. The molecule has 0 atom stereocenters. The van der Waals surface area contributed by atoms with Crippen molar-refractivity contribution < 1.29 is 4.79 Å². The van der Waals surface area contributed by atoms with Gasteiger partial charge in [0.05, 0.1) is 0 Å². The van der Waals surface area contributed by atoms with Crippen molar-refractivity contribution >= 4 is 5.91 Å². The number of carbonyl (C=O) groups excluding carboxylic acids is 1. The van der Waals surface area contributed by atoms with E-state index in [1.54, 1.807) is 0 Å². The molecule has 0 saturated heterocycles. The quantitative estimate of drug-likeness (QED) is 0.296. The van der Waals surface area contributed by atoms with E-state index in [9.17, 15) is 4.79 Å². The minimum atomic E-state index is 0.0108. The largest absolute Gasteiger partial charge is 0.281 e. The van der Waals surface area contributed by atoms with Gasteiger partial charge in [-0.15, -0.1) is 0 Å². The number of nitrogens with two attached hydrogens (primary N) is 1. The Morgan fingerprint density at radius 1 is 1.42 bits per heavy atom. The van der Waals surface area contributed by atoms with Crippen molar-refractivity contribution in [3.63, 3.8) is 0 Å². The van der Waals surface area contributed by atoms with Gasteiger partial charge in [-0.05, 0) is 6.42 Å². The molecule has 72 valence electrons. The summed E-state index contributed by atoms with van der Waals surface area (Å²) in [6, 6.07) is 0. The number of nitrogens with zero attached hydrogens (tertiary/aromatic N) is 1. The van der Waals surface area contributed by atoms with E-state index in [0.29, 0.717) is 6.54 Å². The standard InChI is InChI=1S/C9H20N2O/c1-4-5-6-7-11(10)9(12)8(2)3/h8H,4-7,10H2,1-3H3. The third-order valence-electron chi connectivity index (χ3n) is 1.78. The molecule has 3 heteroatoms. The second-order valence-corrected chi connectivity index (χ2v) is 3.39. The van der Waals surface area contributed by atoms with Gasteiger partial charge in [-0.25, -0.2) is 5.84 Å². The Morgan fingerprint density at radius 2 is 2.00 bits per heavy atom. The molecular weight excluding hydrogens is 152 g/mol. The topological polar surface area (TPSA) is 46.3 Å². The van der Waals surface area contributed by atoms with Gasteiger partial charge in [0.1, 0.15) is 0 Å². The summed E-state index contributed by atoms with van der Waals surface area (Å²) < 4.78 is 0. The van der Waals surface area contributed by atoms with Crippen molar-refractivity contribution in [2.45, 2.75) is 40.0 Å². The van der Waals surface area contributed by atoms with Crippen LogP contribution in [0, 0.1) is 5.92 Å². The molecule has 3 nitrogen and oxygen atoms in total. The Kier molecular flexibility index (Phi) is 5.72. The lowest BCUT2D eigenvalue weighted by Gasteiger charge is -2.18. The third-order valence-corrected chi connectivity index (χ3v) is 1.78. The maximum Gasteiger partial charge on any atom is 0.239 e. The lowest BCUT2D eigenvalue weighted by molar-refractivity contribution is -0.134. The van der Waals surface area contributed by atoms with Crippen molar-refractivity contribution in [3.05, 3.63) is 0 Å². The lowest BCUT2D eigenvalue weighted by atomic mass is 10.2. The van der Waals surface area contributed by atoms with E-state index in [1.807, 2.05) is 13.8 Å². The first-order chi connectivity index (χ1) is 5.59. The summed E-state index contributed by atoms with van der Waals surface area (Å²) in [7, 11) is 0. The average Bonchev–Trinajstić information content (AvgIpc) is 2.03. The molecule has 12 heavy (non-hydrogen) atoms. The molecule has 0 aromatic carbocycles. The van der Waals surface area contributed by atoms with Gasteiger partial charge in [0, 0.05) is 12.5 Å². The maximum atomic E-state index is 11.2. The van der Waals surface area contributed by atoms with E-state index in [1.165, 1.54) is 5.01 Å². The van der Waals surface area contributed by atoms with Gasteiger partial charge in [0.2, 0.25) is 5.91 Å². The molecule has 0 aromatic rings. The zero-order valence-corrected chi connectivity index (χ0v) is 8.34. The van der Waals surface area contributed by atoms with Crippen LogP contribution in [0.4, 0.5) is 0 Å². The lowest BCUT2D eigenvalue weighted by Crippen LogP contribution is -2.40. The van der Waals surface area contributed by atoms with Gasteiger partial charge in [-0.3, -0.25) is 9.80 Å². The van der Waals surface area contributed by atoms with Crippen LogP contribution in [-0.4, -0.2) is 17.5 Å². The van der Waals surface area contributed by atoms with E-state index < -0.39 is 0 Å². The third kappa shape index (κ3) is 4.34. The molecule has 0 heterocycles. The molecule has 2 N–H and O–H groups in total. The molecule has 0 rings (SSSR count). The number of unbranched alkanes of at least 4 members (excludes halogenated alkanes) is 2. The summed E-state index contributed by atoms with van der Waals surface area (Å²) in [5.41, 5.74) is 0. The number of carbonyl (C=O) groups is 1. The van der Waals surface area contributed by atoms with Gasteiger partial charge in [0.15, 0.2) is 0 Å². The summed E-state index contributed by atoms with van der Waals surface area (Å²) >= 11 is 0. The number of rotatable bonds is 5. The van der Waals surface area contributed by atoms with Crippen LogP contribution in [0.15, 0.2) is 0 Å². The molecule has 0 aliphatic heterocycles. The fourth-order valence-corrected chi connectivity index (χ4v) is 0.974. The summed E-state index contributed by atoms with van der Waals surface area (Å²) in [5, 5.41) is 1.33. The summed E-state index contributed by atoms with van der Waals surface area (Å²) in [4.78, 5) is 11.2. The Labute approximate surface area is 74.9 Å². The number of hydrazine groups is 1. The highest BCUT2D eigenvalue weighted by Gasteiger charge is 2.12. The highest BCUT2D eigenvalue weighted by atomic mass is 16.2. The first-order valence-corrected chi connectivity index (χ1v) is 4.65. The van der Waals surface area contributed by atoms with Crippen molar-refractivity contribution in [2.24, 2.45) is 11.8 Å². The predicted molar refractivity (Wildman–Crippen MR) is 50.3 cm³/mol. The van der Waals surface area contributed by atoms with E-state index >= 15 is 0 Å². The van der Waals surface area contributed by atoms with Crippen LogP contribution in [-0.2, 0) is 4.79 Å². The number of amides is 1. The minimum absolute atomic E-state index is 0.0108. The van der Waals surface area contributed by atoms with Crippen LogP contribution < -0.4 is 5.84 Å². The normalized spacial score (nSPS) is 10.4. The molecule has 0 aromatic heterocycles. The zero-order chi connectivity index (χ0) is 9.56. The minimum Gasteiger partial charge on any atom is -0.281 e. The Morgan fingerprint density at radius 3 is 2.42 bits per heavy atom. The van der Waals surface area contributed by atoms with Gasteiger partial charge < -0.3 is 0 Å². The van der Waals surface area contributed by atoms with Crippen LogP contribution in [0.25, 0.3) is 0 Å². The van der Waals surface area contributed by atoms with Crippen LogP contribution in [0.5, 0.6) is 0 Å². The second-order valence-electron chi connectivity index (χ2n) is 3.39. The average molecular weight is 172 g/mol. The van der Waals surface area contributed by atoms with Gasteiger partial charge in [0.25, 0.3) is 0 Å². The molecule has 0 fully saturated rings. The molecular formula is C9H20N2O. The van der Waals surface area contributed by atoms with E-state index in [4.69, 9.17) is 5.84 Å². The highest BCUT2D eigenvalue weighted by molar-refractivity contribution is 5.77. The SMILES string of the molecule is CCCCCN(N)C(=O)C(C)C. The number of hydrogen-bond donors (Lipinski definition) is 1. The molecule has 1 amide bonds. The van der Waals surface area contributed by atoms with Gasteiger partial charge in [-0.2, -0.15) is 0 Å². The Bertz CT molecular complexity index is 134. The predicted octanol–water partition coefficient (Wildman–Crippen LogP) is 1.53. The molecule has 0 aliphatic carbocycles. The fourth-order valence-electron chi connectivity index (χ4n) is 0.974. The summed E-state index contributed by atoms with van der Waals surface area (Å²) in [5.74, 6) is 5.59. The zero-order valence-electron chi connectivity index (χ0n) is 8.34. The van der Waals surface area contributed by atoms with E-state index in [-0.39, 0.29) is 11.8 Å². The van der Waals surface area contributed by atoms with Crippen LogP contribution in [0.2, 0.25) is 0 Å². The maximum absolute atomic E-state index is 11.2. The Balaban J connectivity index is 3.57. The molecule has 0 bridgehead atoms. The molecule has 0 unspecified atom stereocenters. The van der Waals surface area contributed by atoms with Crippen LogP contribution in [0.3, 0.4) is 0 Å². The smallest absolute Gasteiger partial charge is 0.239 e. The molecule has 0 radical (unpaired) electrons. The second kappa shape index (κ2) is 6.00. The summed E-state index contributed by atoms with van der Waals surface area (Å²) in [6.07, 6.45) is 3.30. The van der Waals surface area contributed by atoms with Crippen molar-refractivity contribution in [2.75, 3.05) is 6.54 Å². The van der Waals surface area contributed by atoms with Gasteiger partial charge >= 0.3 is 0 Å². The summed E-state index contributed by atoms with van der Waals surface area (Å²) in [6.45, 7) is 6.54. The fraction of sp³-hybridized carbons (Fsp3) is 0.889. The first kappa shape index (κ1) is 11.4.